The highest BCUT2D eigenvalue weighted by Crippen LogP contribution is 2.38. The maximum Gasteiger partial charge on any atom is 0.236 e. The lowest BCUT2D eigenvalue weighted by molar-refractivity contribution is -0.137. The van der Waals surface area contributed by atoms with Crippen LogP contribution in [0.1, 0.15) is 68.5 Å². The number of hydrogen-bond acceptors (Lipinski definition) is 5. The fourth-order valence-electron chi connectivity index (χ4n) is 6.34. The first-order valence-electron chi connectivity index (χ1n) is 14.5. The number of hydrogen-bond donors (Lipinski definition) is 1. The van der Waals surface area contributed by atoms with Gasteiger partial charge in [0.1, 0.15) is 5.75 Å². The largest absolute Gasteiger partial charge is 0.493 e. The van der Waals surface area contributed by atoms with Crippen LogP contribution < -0.4 is 10.1 Å². The van der Waals surface area contributed by atoms with E-state index < -0.39 is 0 Å². The number of aryl methyl sites for hydroxylation is 1. The summed E-state index contributed by atoms with van der Waals surface area (Å²) < 4.78 is 6.01. The van der Waals surface area contributed by atoms with Crippen molar-refractivity contribution in [2.45, 2.75) is 63.7 Å². The van der Waals surface area contributed by atoms with Gasteiger partial charge in [-0.1, -0.05) is 30.7 Å². The SMILES string of the molecule is O=C(CN1CCC2(CCCCc3ccccc3OCCCNC2=O)CC1)N1CCC(c2ccccn2)CC1. The van der Waals surface area contributed by atoms with E-state index in [0.717, 1.165) is 95.4 Å². The maximum absolute atomic E-state index is 13.4. The number of ether oxygens (including phenoxy) is 1. The van der Waals surface area contributed by atoms with Gasteiger partial charge in [-0.25, -0.2) is 0 Å². The number of carbonyl (C=O) groups is 2. The van der Waals surface area contributed by atoms with Gasteiger partial charge in [0, 0.05) is 37.4 Å². The summed E-state index contributed by atoms with van der Waals surface area (Å²) in [6, 6.07) is 14.4. The third-order valence-electron chi connectivity index (χ3n) is 8.80. The number of rotatable bonds is 3. The third-order valence-corrected chi connectivity index (χ3v) is 8.80. The Morgan fingerprint density at radius 2 is 1.76 bits per heavy atom. The van der Waals surface area contributed by atoms with Crippen LogP contribution in [0.2, 0.25) is 0 Å². The van der Waals surface area contributed by atoms with Crippen LogP contribution in [0.3, 0.4) is 0 Å². The number of nitrogens with zero attached hydrogens (tertiary/aromatic N) is 3. The Kier molecular flexibility index (Phi) is 8.94. The lowest BCUT2D eigenvalue weighted by Crippen LogP contribution is -2.51. The number of likely N-dealkylation sites (tertiary alicyclic amines) is 2. The summed E-state index contributed by atoms with van der Waals surface area (Å²) in [5, 5.41) is 3.21. The maximum atomic E-state index is 13.4. The molecule has 204 valence electrons. The molecule has 3 aliphatic heterocycles. The standard InChI is InChI=1S/C31H42N4O3/c36-29(35-19-12-25(13-20-35)27-10-4-6-17-32-27)24-34-21-15-31(16-22-34)14-5-3-9-26-8-1-2-11-28(26)38-23-7-18-33-30(31)37/h1-2,4,6,8,10-11,17,25H,3,5,7,9,12-16,18-24H2,(H,33,37). The number of nitrogens with one attached hydrogen (secondary N) is 1. The summed E-state index contributed by atoms with van der Waals surface area (Å²) in [4.78, 5) is 35.3. The third kappa shape index (κ3) is 6.55. The molecule has 2 fully saturated rings. The van der Waals surface area contributed by atoms with Gasteiger partial charge in [-0.15, -0.1) is 0 Å². The molecule has 7 heteroatoms. The van der Waals surface area contributed by atoms with Crippen molar-refractivity contribution in [3.8, 4) is 5.75 Å². The summed E-state index contributed by atoms with van der Waals surface area (Å²) in [7, 11) is 0. The molecule has 1 aromatic carbocycles. The molecule has 0 radical (unpaired) electrons. The van der Waals surface area contributed by atoms with E-state index in [1.165, 1.54) is 5.56 Å². The Morgan fingerprint density at radius 1 is 0.974 bits per heavy atom. The van der Waals surface area contributed by atoms with Crippen molar-refractivity contribution in [1.29, 1.82) is 0 Å². The van der Waals surface area contributed by atoms with Gasteiger partial charge in [-0.2, -0.15) is 0 Å². The predicted octanol–water partition coefficient (Wildman–Crippen LogP) is 4.18. The second kappa shape index (κ2) is 12.7. The molecule has 4 heterocycles. The molecule has 3 aliphatic rings. The smallest absolute Gasteiger partial charge is 0.236 e. The Hall–Kier alpha value is -2.93. The van der Waals surface area contributed by atoms with Crippen molar-refractivity contribution in [2.75, 3.05) is 45.9 Å². The molecule has 1 N–H and O–H groups in total. The van der Waals surface area contributed by atoms with Crippen LogP contribution in [0, 0.1) is 5.41 Å². The minimum Gasteiger partial charge on any atom is -0.493 e. The monoisotopic (exact) mass is 518 g/mol. The van der Waals surface area contributed by atoms with Crippen LogP contribution in [0.15, 0.2) is 48.7 Å². The molecular formula is C31H42N4O3. The molecular weight excluding hydrogens is 476 g/mol. The first kappa shape index (κ1) is 26.7. The Bertz CT molecular complexity index is 1060. The van der Waals surface area contributed by atoms with Gasteiger partial charge < -0.3 is 15.0 Å². The second-order valence-electron chi connectivity index (χ2n) is 11.2. The molecule has 7 nitrogen and oxygen atoms in total. The Morgan fingerprint density at radius 3 is 2.55 bits per heavy atom. The molecule has 38 heavy (non-hydrogen) atoms. The zero-order valence-electron chi connectivity index (χ0n) is 22.6. The highest BCUT2D eigenvalue weighted by atomic mass is 16.5. The first-order chi connectivity index (χ1) is 18.6. The van der Waals surface area contributed by atoms with E-state index in [1.807, 2.05) is 29.3 Å². The predicted molar refractivity (Wildman–Crippen MR) is 148 cm³/mol. The first-order valence-corrected chi connectivity index (χ1v) is 14.5. The fourth-order valence-corrected chi connectivity index (χ4v) is 6.34. The normalized spacial score (nSPS) is 21.8. The molecule has 2 amide bonds. The van der Waals surface area contributed by atoms with E-state index in [0.29, 0.717) is 25.6 Å². The van der Waals surface area contributed by atoms with Crippen LogP contribution in [0.5, 0.6) is 5.75 Å². The van der Waals surface area contributed by atoms with Gasteiger partial charge in [0.2, 0.25) is 11.8 Å². The van der Waals surface area contributed by atoms with E-state index in [1.54, 1.807) is 0 Å². The van der Waals surface area contributed by atoms with Gasteiger partial charge in [0.25, 0.3) is 0 Å². The molecule has 5 rings (SSSR count). The molecule has 2 aromatic rings. The highest BCUT2D eigenvalue weighted by molar-refractivity contribution is 5.83. The van der Waals surface area contributed by atoms with Crippen molar-refractivity contribution in [2.24, 2.45) is 5.41 Å². The minimum atomic E-state index is -0.324. The van der Waals surface area contributed by atoms with E-state index in [4.69, 9.17) is 4.74 Å². The van der Waals surface area contributed by atoms with Crippen molar-refractivity contribution < 1.29 is 14.3 Å². The van der Waals surface area contributed by atoms with Crippen molar-refractivity contribution in [3.05, 3.63) is 59.9 Å². The van der Waals surface area contributed by atoms with E-state index in [2.05, 4.69) is 39.5 Å². The minimum absolute atomic E-state index is 0.192. The molecule has 0 atom stereocenters. The number of fused-ring (bicyclic) bond motifs is 1. The van der Waals surface area contributed by atoms with Gasteiger partial charge in [-0.3, -0.25) is 19.5 Å². The topological polar surface area (TPSA) is 74.8 Å². The van der Waals surface area contributed by atoms with Crippen LogP contribution in [-0.4, -0.2) is 72.5 Å². The van der Waals surface area contributed by atoms with Crippen LogP contribution in [0.4, 0.5) is 0 Å². The highest BCUT2D eigenvalue weighted by Gasteiger charge is 2.41. The molecule has 0 saturated carbocycles. The van der Waals surface area contributed by atoms with Gasteiger partial charge >= 0.3 is 0 Å². The molecule has 1 spiro atoms. The summed E-state index contributed by atoms with van der Waals surface area (Å²) >= 11 is 0. The number of benzene rings is 1. The van der Waals surface area contributed by atoms with Crippen molar-refractivity contribution in [1.82, 2.24) is 20.1 Å². The van der Waals surface area contributed by atoms with Crippen LogP contribution in [0.25, 0.3) is 0 Å². The number of piperidine rings is 2. The number of amides is 2. The summed E-state index contributed by atoms with van der Waals surface area (Å²) in [6.45, 7) is 4.91. The van der Waals surface area contributed by atoms with E-state index >= 15 is 0 Å². The average molecular weight is 519 g/mol. The van der Waals surface area contributed by atoms with Gasteiger partial charge in [0.05, 0.1) is 18.6 Å². The summed E-state index contributed by atoms with van der Waals surface area (Å²) in [5.41, 5.74) is 2.08. The average Bonchev–Trinajstić information content (AvgIpc) is 2.98. The molecule has 0 unspecified atom stereocenters. The zero-order valence-corrected chi connectivity index (χ0v) is 22.6. The zero-order chi connectivity index (χ0) is 26.2. The molecule has 0 aliphatic carbocycles. The molecule has 0 bridgehead atoms. The van der Waals surface area contributed by atoms with Crippen molar-refractivity contribution >= 4 is 11.8 Å². The van der Waals surface area contributed by atoms with Crippen LogP contribution >= 0.6 is 0 Å². The lowest BCUT2D eigenvalue weighted by Gasteiger charge is -2.41. The Labute approximate surface area is 226 Å². The van der Waals surface area contributed by atoms with E-state index in [9.17, 15) is 9.59 Å². The van der Waals surface area contributed by atoms with Gasteiger partial charge in [-0.05, 0) is 88.2 Å². The number of para-hydroxylation sites is 1. The molecule has 2 saturated heterocycles. The number of carbonyl (C=O) groups excluding carboxylic acids is 2. The second-order valence-corrected chi connectivity index (χ2v) is 11.2. The van der Waals surface area contributed by atoms with Crippen molar-refractivity contribution in [3.63, 3.8) is 0 Å². The quantitative estimate of drug-likeness (QED) is 0.660. The fraction of sp³-hybridized carbons (Fsp3) is 0.581. The Balaban J connectivity index is 1.12. The number of aromatic nitrogens is 1. The summed E-state index contributed by atoms with van der Waals surface area (Å²) in [6.07, 6.45) is 10.2. The van der Waals surface area contributed by atoms with Crippen LogP contribution in [-0.2, 0) is 16.0 Å². The van der Waals surface area contributed by atoms with E-state index in [-0.39, 0.29) is 17.2 Å². The number of pyridine rings is 1. The van der Waals surface area contributed by atoms with Gasteiger partial charge in [0.15, 0.2) is 0 Å². The summed E-state index contributed by atoms with van der Waals surface area (Å²) in [5.74, 6) is 1.83. The molecule has 1 aromatic heterocycles. The lowest BCUT2D eigenvalue weighted by atomic mass is 9.73.